The molecule has 0 saturated heterocycles. The van der Waals surface area contributed by atoms with Crippen LogP contribution in [0.3, 0.4) is 0 Å². The van der Waals surface area contributed by atoms with E-state index >= 15 is 0 Å². The first kappa shape index (κ1) is 59.1. The van der Waals surface area contributed by atoms with E-state index in [0.717, 1.165) is 45.3 Å². The summed E-state index contributed by atoms with van der Waals surface area (Å²) in [5.74, 6) is 1.64. The van der Waals surface area contributed by atoms with Gasteiger partial charge in [0.2, 0.25) is 0 Å². The summed E-state index contributed by atoms with van der Waals surface area (Å²) in [5.41, 5.74) is 0. The van der Waals surface area contributed by atoms with Crippen molar-refractivity contribution in [3.05, 3.63) is 18.7 Å². The standard InChI is InChI=1S/C56H107N3O4/c1-7-11-15-19-23-31-39-52(37-29-17-13-9-3)48-62-55(60)41-33-25-21-27-35-44-59(54(51(5)6)47-58-46-43-57-50-58)45-36-28-22-26-34-42-56(61)63-49-53(38-30-18-14-10-4)40-32-24-20-16-12-8-2/h43,46,50-54H,7-42,44-45,47-49H2,1-6H3. The maximum atomic E-state index is 12.7. The Bertz CT molecular complexity index is 1050. The van der Waals surface area contributed by atoms with Crippen LogP contribution in [0.2, 0.25) is 0 Å². The van der Waals surface area contributed by atoms with E-state index in [1.807, 2.05) is 12.5 Å². The van der Waals surface area contributed by atoms with Gasteiger partial charge in [-0.25, -0.2) is 4.98 Å². The highest BCUT2D eigenvalue weighted by atomic mass is 16.5. The minimum absolute atomic E-state index is 0.0117. The summed E-state index contributed by atoms with van der Waals surface area (Å²) in [6.45, 7) is 18.3. The number of unbranched alkanes of at least 4 members (excludes halogenated alkanes) is 24. The third kappa shape index (κ3) is 36.0. The lowest BCUT2D eigenvalue weighted by Crippen LogP contribution is -2.43. The monoisotopic (exact) mass is 886 g/mol. The van der Waals surface area contributed by atoms with Crippen molar-refractivity contribution in [2.75, 3.05) is 26.3 Å². The Morgan fingerprint density at radius 2 is 0.841 bits per heavy atom. The van der Waals surface area contributed by atoms with Gasteiger partial charge in [0.15, 0.2) is 0 Å². The first-order chi connectivity index (χ1) is 30.8. The first-order valence-electron chi connectivity index (χ1n) is 27.8. The van der Waals surface area contributed by atoms with Crippen LogP contribution in [0.1, 0.15) is 273 Å². The van der Waals surface area contributed by atoms with E-state index in [1.54, 1.807) is 0 Å². The average molecular weight is 886 g/mol. The second-order valence-corrected chi connectivity index (χ2v) is 20.1. The smallest absolute Gasteiger partial charge is 0.305 e. The molecule has 63 heavy (non-hydrogen) atoms. The van der Waals surface area contributed by atoms with Crippen LogP contribution in [0, 0.1) is 17.8 Å². The molecule has 3 unspecified atom stereocenters. The molecule has 370 valence electrons. The Labute approximate surface area is 392 Å². The SMILES string of the molecule is CCCCCCCCC(CCCCCC)COC(=O)CCCCCCCN(CCCCCCCC(=O)OCC(CCCCCC)CCCCCCCC)C(Cn1ccnc1)C(C)C. The molecule has 0 bridgehead atoms. The molecule has 7 nitrogen and oxygen atoms in total. The molecule has 1 aromatic heterocycles. The van der Waals surface area contributed by atoms with Crippen LogP contribution in [-0.2, 0) is 25.6 Å². The zero-order valence-electron chi connectivity index (χ0n) is 43.0. The van der Waals surface area contributed by atoms with Gasteiger partial charge >= 0.3 is 11.9 Å². The molecule has 1 rings (SSSR count). The molecule has 0 spiro atoms. The molecule has 0 aliphatic rings. The van der Waals surface area contributed by atoms with Gasteiger partial charge in [-0.3, -0.25) is 14.5 Å². The van der Waals surface area contributed by atoms with Gasteiger partial charge in [0.25, 0.3) is 0 Å². The van der Waals surface area contributed by atoms with E-state index in [2.05, 4.69) is 62.2 Å². The fraction of sp³-hybridized carbons (Fsp3) is 0.911. The Morgan fingerprint density at radius 3 is 1.21 bits per heavy atom. The molecule has 1 aromatic rings. The highest BCUT2D eigenvalue weighted by Gasteiger charge is 2.22. The molecule has 0 N–H and O–H groups in total. The fourth-order valence-corrected chi connectivity index (χ4v) is 9.37. The molecule has 0 fully saturated rings. The zero-order valence-corrected chi connectivity index (χ0v) is 43.0. The molecular formula is C56H107N3O4. The van der Waals surface area contributed by atoms with E-state index in [1.165, 1.54) is 193 Å². The van der Waals surface area contributed by atoms with Crippen molar-refractivity contribution in [1.29, 1.82) is 0 Å². The number of hydrogen-bond acceptors (Lipinski definition) is 6. The van der Waals surface area contributed by atoms with Gasteiger partial charge in [0, 0.05) is 37.8 Å². The lowest BCUT2D eigenvalue weighted by Gasteiger charge is -2.35. The quantitative estimate of drug-likeness (QED) is 0.0479. The lowest BCUT2D eigenvalue weighted by atomic mass is 9.95. The van der Waals surface area contributed by atoms with E-state index in [-0.39, 0.29) is 11.9 Å². The van der Waals surface area contributed by atoms with Gasteiger partial charge < -0.3 is 14.0 Å². The number of nitrogens with zero attached hydrogens (tertiary/aromatic N) is 3. The third-order valence-electron chi connectivity index (χ3n) is 13.7. The Balaban J connectivity index is 2.43. The molecule has 0 saturated carbocycles. The van der Waals surface area contributed by atoms with Crippen molar-refractivity contribution in [1.82, 2.24) is 14.5 Å². The van der Waals surface area contributed by atoms with Crippen LogP contribution in [0.5, 0.6) is 0 Å². The number of imidazole rings is 1. The number of ether oxygens (including phenoxy) is 2. The number of esters is 2. The predicted molar refractivity (Wildman–Crippen MR) is 270 cm³/mol. The zero-order chi connectivity index (χ0) is 45.9. The van der Waals surface area contributed by atoms with Crippen molar-refractivity contribution in [3.63, 3.8) is 0 Å². The van der Waals surface area contributed by atoms with E-state index in [9.17, 15) is 9.59 Å². The molecular weight excluding hydrogens is 779 g/mol. The highest BCUT2D eigenvalue weighted by molar-refractivity contribution is 5.69. The van der Waals surface area contributed by atoms with Crippen LogP contribution in [-0.4, -0.2) is 58.7 Å². The third-order valence-corrected chi connectivity index (χ3v) is 13.7. The normalized spacial score (nSPS) is 13.2. The van der Waals surface area contributed by atoms with Crippen LogP contribution in [0.25, 0.3) is 0 Å². The topological polar surface area (TPSA) is 73.7 Å². The summed E-state index contributed by atoms with van der Waals surface area (Å²) in [7, 11) is 0. The molecule has 0 radical (unpaired) electrons. The van der Waals surface area contributed by atoms with Gasteiger partial charge in [-0.1, -0.05) is 208 Å². The van der Waals surface area contributed by atoms with E-state index < -0.39 is 0 Å². The summed E-state index contributed by atoms with van der Waals surface area (Å²) >= 11 is 0. The number of aromatic nitrogens is 2. The molecule has 0 amide bonds. The summed E-state index contributed by atoms with van der Waals surface area (Å²) in [6.07, 6.45) is 49.3. The van der Waals surface area contributed by atoms with Crippen LogP contribution in [0.15, 0.2) is 18.7 Å². The van der Waals surface area contributed by atoms with Crippen molar-refractivity contribution in [3.8, 4) is 0 Å². The van der Waals surface area contributed by atoms with Crippen molar-refractivity contribution in [2.45, 2.75) is 285 Å². The van der Waals surface area contributed by atoms with E-state index in [4.69, 9.17) is 9.47 Å². The molecule has 1 heterocycles. The highest BCUT2D eigenvalue weighted by Crippen LogP contribution is 2.23. The van der Waals surface area contributed by atoms with Crippen LogP contribution >= 0.6 is 0 Å². The lowest BCUT2D eigenvalue weighted by molar-refractivity contribution is -0.146. The average Bonchev–Trinajstić information content (AvgIpc) is 3.80. The number of hydrogen-bond donors (Lipinski definition) is 0. The molecule has 0 aliphatic heterocycles. The Morgan fingerprint density at radius 1 is 0.492 bits per heavy atom. The van der Waals surface area contributed by atoms with Crippen LogP contribution < -0.4 is 0 Å². The molecule has 0 aliphatic carbocycles. The predicted octanol–water partition coefficient (Wildman–Crippen LogP) is 16.7. The molecule has 3 atom stereocenters. The number of rotatable bonds is 48. The summed E-state index contributed by atoms with van der Waals surface area (Å²) in [5, 5.41) is 0. The largest absolute Gasteiger partial charge is 0.465 e. The number of carbonyl (C=O) groups is 2. The summed E-state index contributed by atoms with van der Waals surface area (Å²) in [4.78, 5) is 32.5. The van der Waals surface area contributed by atoms with E-state index in [0.29, 0.717) is 49.9 Å². The van der Waals surface area contributed by atoms with Gasteiger partial charge in [0.1, 0.15) is 0 Å². The van der Waals surface area contributed by atoms with Crippen LogP contribution in [0.4, 0.5) is 0 Å². The van der Waals surface area contributed by atoms with Gasteiger partial charge in [-0.05, 0) is 82.2 Å². The maximum Gasteiger partial charge on any atom is 0.305 e. The minimum Gasteiger partial charge on any atom is -0.465 e. The first-order valence-corrected chi connectivity index (χ1v) is 27.8. The minimum atomic E-state index is 0.0117. The van der Waals surface area contributed by atoms with Crippen molar-refractivity contribution >= 4 is 11.9 Å². The fourth-order valence-electron chi connectivity index (χ4n) is 9.37. The Hall–Kier alpha value is -1.89. The maximum absolute atomic E-state index is 12.7. The molecule has 0 aromatic carbocycles. The van der Waals surface area contributed by atoms with Gasteiger partial charge in [0.05, 0.1) is 19.5 Å². The molecule has 7 heteroatoms. The van der Waals surface area contributed by atoms with Gasteiger partial charge in [-0.2, -0.15) is 0 Å². The summed E-state index contributed by atoms with van der Waals surface area (Å²) < 4.78 is 14.0. The second kappa shape index (κ2) is 44.0. The Kier molecular flexibility index (Phi) is 41.3. The second-order valence-electron chi connectivity index (χ2n) is 20.1. The van der Waals surface area contributed by atoms with Gasteiger partial charge in [-0.15, -0.1) is 0 Å². The summed E-state index contributed by atoms with van der Waals surface area (Å²) in [6, 6.07) is 0.469. The van der Waals surface area contributed by atoms with Crippen molar-refractivity contribution < 1.29 is 19.1 Å². The van der Waals surface area contributed by atoms with Crippen molar-refractivity contribution in [2.24, 2.45) is 17.8 Å². The number of carbonyl (C=O) groups excluding carboxylic acids is 2.